The molecule has 0 unspecified atom stereocenters. The monoisotopic (exact) mass is 274 g/mol. The lowest BCUT2D eigenvalue weighted by atomic mass is 9.84. The SMILES string of the molecule is Cc1nc(NC(=O)C(C)(C)c2ccccc2)sc1C. The molecule has 0 bridgehead atoms. The van der Waals surface area contributed by atoms with Crippen molar-refractivity contribution in [3.63, 3.8) is 0 Å². The molecule has 0 aliphatic carbocycles. The molecule has 4 heteroatoms. The number of nitrogens with zero attached hydrogens (tertiary/aromatic N) is 1. The average Bonchev–Trinajstić information content (AvgIpc) is 2.69. The van der Waals surface area contributed by atoms with Crippen molar-refractivity contribution in [3.8, 4) is 0 Å². The maximum atomic E-state index is 12.4. The predicted molar refractivity (Wildman–Crippen MR) is 79.7 cm³/mol. The van der Waals surface area contributed by atoms with Crippen LogP contribution in [0.15, 0.2) is 30.3 Å². The molecule has 3 nitrogen and oxygen atoms in total. The molecule has 1 amide bonds. The van der Waals surface area contributed by atoms with Gasteiger partial charge in [0.1, 0.15) is 0 Å². The van der Waals surface area contributed by atoms with Gasteiger partial charge in [0.15, 0.2) is 5.13 Å². The van der Waals surface area contributed by atoms with Crippen molar-refractivity contribution in [1.29, 1.82) is 0 Å². The number of hydrogen-bond acceptors (Lipinski definition) is 3. The zero-order valence-corrected chi connectivity index (χ0v) is 12.5. The maximum absolute atomic E-state index is 12.4. The first-order valence-electron chi connectivity index (χ1n) is 6.22. The molecule has 1 aromatic carbocycles. The standard InChI is InChI=1S/C15H18N2OS/c1-10-11(2)19-14(16-10)17-13(18)15(3,4)12-8-6-5-7-9-12/h5-9H,1-4H3,(H,16,17,18). The van der Waals surface area contributed by atoms with Gasteiger partial charge >= 0.3 is 0 Å². The van der Waals surface area contributed by atoms with Crippen LogP contribution < -0.4 is 5.32 Å². The lowest BCUT2D eigenvalue weighted by Crippen LogP contribution is -2.34. The van der Waals surface area contributed by atoms with E-state index in [1.54, 1.807) is 0 Å². The van der Waals surface area contributed by atoms with Crippen LogP contribution in [0, 0.1) is 13.8 Å². The highest BCUT2D eigenvalue weighted by Crippen LogP contribution is 2.27. The topological polar surface area (TPSA) is 42.0 Å². The lowest BCUT2D eigenvalue weighted by Gasteiger charge is -2.23. The van der Waals surface area contributed by atoms with Gasteiger partial charge in [-0.2, -0.15) is 0 Å². The second-order valence-electron chi connectivity index (χ2n) is 5.11. The van der Waals surface area contributed by atoms with Crippen molar-refractivity contribution in [3.05, 3.63) is 46.5 Å². The number of thiazole rings is 1. The van der Waals surface area contributed by atoms with Crippen molar-refractivity contribution in [1.82, 2.24) is 4.98 Å². The minimum absolute atomic E-state index is 0.0348. The summed E-state index contributed by atoms with van der Waals surface area (Å²) in [6.45, 7) is 7.80. The number of nitrogens with one attached hydrogen (secondary N) is 1. The summed E-state index contributed by atoms with van der Waals surface area (Å²) in [5.41, 5.74) is 1.39. The van der Waals surface area contributed by atoms with E-state index in [2.05, 4.69) is 10.3 Å². The highest BCUT2D eigenvalue weighted by molar-refractivity contribution is 7.15. The first-order chi connectivity index (χ1) is 8.91. The van der Waals surface area contributed by atoms with Gasteiger partial charge in [0.25, 0.3) is 0 Å². The summed E-state index contributed by atoms with van der Waals surface area (Å²) in [6, 6.07) is 9.78. The van der Waals surface area contributed by atoms with Crippen LogP contribution in [0.2, 0.25) is 0 Å². The second kappa shape index (κ2) is 5.13. The lowest BCUT2D eigenvalue weighted by molar-refractivity contribution is -0.120. The molecule has 0 fully saturated rings. The molecule has 100 valence electrons. The zero-order chi connectivity index (χ0) is 14.0. The van der Waals surface area contributed by atoms with E-state index in [1.807, 2.05) is 58.0 Å². The molecule has 0 spiro atoms. The van der Waals surface area contributed by atoms with Crippen molar-refractivity contribution in [2.24, 2.45) is 0 Å². The Balaban J connectivity index is 2.19. The summed E-state index contributed by atoms with van der Waals surface area (Å²) in [6.07, 6.45) is 0. The number of hydrogen-bond donors (Lipinski definition) is 1. The Labute approximate surface area is 117 Å². The van der Waals surface area contributed by atoms with Gasteiger partial charge in [0.05, 0.1) is 11.1 Å². The summed E-state index contributed by atoms with van der Waals surface area (Å²) in [5.74, 6) is -0.0348. The van der Waals surface area contributed by atoms with Crippen LogP contribution in [0.5, 0.6) is 0 Å². The van der Waals surface area contributed by atoms with Crippen LogP contribution in [-0.4, -0.2) is 10.9 Å². The zero-order valence-electron chi connectivity index (χ0n) is 11.7. The first kappa shape index (κ1) is 13.7. The average molecular weight is 274 g/mol. The Morgan fingerprint density at radius 3 is 2.37 bits per heavy atom. The molecule has 1 aromatic heterocycles. The number of rotatable bonds is 3. The van der Waals surface area contributed by atoms with E-state index in [-0.39, 0.29) is 5.91 Å². The van der Waals surface area contributed by atoms with E-state index in [0.717, 1.165) is 16.1 Å². The van der Waals surface area contributed by atoms with Crippen molar-refractivity contribution in [2.75, 3.05) is 5.32 Å². The third-order valence-electron chi connectivity index (χ3n) is 3.31. The Kier molecular flexibility index (Phi) is 3.71. The highest BCUT2D eigenvalue weighted by Gasteiger charge is 2.30. The minimum Gasteiger partial charge on any atom is -0.301 e. The molecule has 0 saturated carbocycles. The van der Waals surface area contributed by atoms with Crippen LogP contribution in [0.4, 0.5) is 5.13 Å². The molecular weight excluding hydrogens is 256 g/mol. The minimum atomic E-state index is -0.575. The molecular formula is C15H18N2OS. The number of anilines is 1. The number of aryl methyl sites for hydroxylation is 2. The summed E-state index contributed by atoms with van der Waals surface area (Å²) >= 11 is 1.51. The molecule has 0 radical (unpaired) electrons. The summed E-state index contributed by atoms with van der Waals surface area (Å²) in [4.78, 5) is 17.9. The first-order valence-corrected chi connectivity index (χ1v) is 7.04. The Morgan fingerprint density at radius 1 is 1.21 bits per heavy atom. The Morgan fingerprint density at radius 2 is 1.84 bits per heavy atom. The van der Waals surface area contributed by atoms with Crippen molar-refractivity contribution >= 4 is 22.4 Å². The molecule has 2 aromatic rings. The summed E-state index contributed by atoms with van der Waals surface area (Å²) in [7, 11) is 0. The molecule has 19 heavy (non-hydrogen) atoms. The van der Waals surface area contributed by atoms with Gasteiger partial charge < -0.3 is 5.32 Å². The van der Waals surface area contributed by atoms with Gasteiger partial charge in [-0.25, -0.2) is 4.98 Å². The van der Waals surface area contributed by atoms with Gasteiger partial charge in [-0.15, -0.1) is 11.3 Å². The van der Waals surface area contributed by atoms with Crippen molar-refractivity contribution in [2.45, 2.75) is 33.1 Å². The van der Waals surface area contributed by atoms with Gasteiger partial charge in [-0.3, -0.25) is 4.79 Å². The smallest absolute Gasteiger partial charge is 0.236 e. The largest absolute Gasteiger partial charge is 0.301 e. The third kappa shape index (κ3) is 2.84. The molecule has 0 saturated heterocycles. The molecule has 1 heterocycles. The van der Waals surface area contributed by atoms with E-state index < -0.39 is 5.41 Å². The number of carbonyl (C=O) groups excluding carboxylic acids is 1. The number of aromatic nitrogens is 1. The predicted octanol–water partition coefficient (Wildman–Crippen LogP) is 3.68. The van der Waals surface area contributed by atoms with Crippen molar-refractivity contribution < 1.29 is 4.79 Å². The van der Waals surface area contributed by atoms with Crippen LogP contribution in [0.25, 0.3) is 0 Å². The number of carbonyl (C=O) groups is 1. The summed E-state index contributed by atoms with van der Waals surface area (Å²) < 4.78 is 0. The molecule has 1 N–H and O–H groups in total. The van der Waals surface area contributed by atoms with Crippen LogP contribution in [0.3, 0.4) is 0 Å². The van der Waals surface area contributed by atoms with E-state index in [1.165, 1.54) is 11.3 Å². The Hall–Kier alpha value is -1.68. The van der Waals surface area contributed by atoms with Crippen LogP contribution in [0.1, 0.15) is 30.0 Å². The molecule has 0 aliphatic rings. The van der Waals surface area contributed by atoms with E-state index in [0.29, 0.717) is 5.13 Å². The summed E-state index contributed by atoms with van der Waals surface area (Å²) in [5, 5.41) is 3.58. The number of benzene rings is 1. The van der Waals surface area contributed by atoms with Gasteiger partial charge in [0.2, 0.25) is 5.91 Å². The van der Waals surface area contributed by atoms with E-state index in [9.17, 15) is 4.79 Å². The van der Waals surface area contributed by atoms with E-state index >= 15 is 0 Å². The fraction of sp³-hybridized carbons (Fsp3) is 0.333. The number of amides is 1. The van der Waals surface area contributed by atoms with Gasteiger partial charge in [0, 0.05) is 4.88 Å². The normalized spacial score (nSPS) is 11.4. The fourth-order valence-electron chi connectivity index (χ4n) is 1.77. The molecule has 0 aliphatic heterocycles. The fourth-order valence-corrected chi connectivity index (χ4v) is 2.58. The van der Waals surface area contributed by atoms with Crippen LogP contribution in [-0.2, 0) is 10.2 Å². The highest BCUT2D eigenvalue weighted by atomic mass is 32.1. The molecule has 2 rings (SSSR count). The maximum Gasteiger partial charge on any atom is 0.236 e. The quantitative estimate of drug-likeness (QED) is 0.927. The molecule has 0 atom stereocenters. The second-order valence-corrected chi connectivity index (χ2v) is 6.31. The van der Waals surface area contributed by atoms with Gasteiger partial charge in [-0.05, 0) is 33.3 Å². The Bertz CT molecular complexity index is 568. The van der Waals surface area contributed by atoms with Crippen LogP contribution >= 0.6 is 11.3 Å². The van der Waals surface area contributed by atoms with E-state index in [4.69, 9.17) is 0 Å². The van der Waals surface area contributed by atoms with Gasteiger partial charge in [-0.1, -0.05) is 30.3 Å². The third-order valence-corrected chi connectivity index (χ3v) is 4.30.